The Morgan fingerprint density at radius 1 is 0.872 bits per heavy atom. The van der Waals surface area contributed by atoms with E-state index in [0.717, 1.165) is 38.3 Å². The summed E-state index contributed by atoms with van der Waals surface area (Å²) in [6.45, 7) is 2.07. The zero-order valence-corrected chi connectivity index (χ0v) is 22.4. The molecular formula is C30H32N4O5. The monoisotopic (exact) mass is 528 g/mol. The Hall–Kier alpha value is -3.98. The number of methoxy groups -OCH3 is 1. The van der Waals surface area contributed by atoms with E-state index in [0.29, 0.717) is 25.4 Å². The van der Waals surface area contributed by atoms with Gasteiger partial charge >= 0.3 is 6.03 Å². The number of likely N-dealkylation sites (tertiary alicyclic amines) is 1. The van der Waals surface area contributed by atoms with Crippen molar-refractivity contribution in [3.63, 3.8) is 0 Å². The second-order valence-electron chi connectivity index (χ2n) is 11.1. The predicted octanol–water partition coefficient (Wildman–Crippen LogP) is 2.71. The topological polar surface area (TPSA) is 92.2 Å². The summed E-state index contributed by atoms with van der Waals surface area (Å²) in [7, 11) is 4.46. The first-order valence-electron chi connectivity index (χ1n) is 13.3. The third-order valence-corrected chi connectivity index (χ3v) is 8.75. The first kappa shape index (κ1) is 25.3. The number of rotatable bonds is 5. The molecule has 0 spiro atoms. The fraction of sp³-hybridized carbons (Fsp3) is 0.400. The van der Waals surface area contributed by atoms with Crippen molar-refractivity contribution >= 4 is 28.6 Å². The lowest BCUT2D eigenvalue weighted by Crippen LogP contribution is -2.67. The van der Waals surface area contributed by atoms with Crippen LogP contribution in [0.25, 0.3) is 10.8 Å². The molecule has 0 N–H and O–H groups in total. The van der Waals surface area contributed by atoms with Crippen LogP contribution in [0.2, 0.25) is 0 Å². The van der Waals surface area contributed by atoms with Crippen molar-refractivity contribution in [1.82, 2.24) is 19.3 Å². The summed E-state index contributed by atoms with van der Waals surface area (Å²) in [4.78, 5) is 57.7. The fourth-order valence-corrected chi connectivity index (χ4v) is 6.97. The van der Waals surface area contributed by atoms with Gasteiger partial charge in [0, 0.05) is 69.9 Å². The number of fused-ring (bicyclic) bond motifs is 5. The van der Waals surface area contributed by atoms with Crippen LogP contribution in [0.5, 0.6) is 5.75 Å². The van der Waals surface area contributed by atoms with Crippen LogP contribution in [-0.4, -0.2) is 78.0 Å². The fourth-order valence-electron chi connectivity index (χ4n) is 6.97. The lowest BCUT2D eigenvalue weighted by molar-refractivity contribution is -0.159. The molecule has 0 radical (unpaired) electrons. The third kappa shape index (κ3) is 3.95. The molecule has 2 saturated heterocycles. The van der Waals surface area contributed by atoms with Crippen LogP contribution >= 0.6 is 0 Å². The Kier molecular flexibility index (Phi) is 6.06. The zero-order chi connectivity index (χ0) is 27.5. The van der Waals surface area contributed by atoms with Crippen molar-refractivity contribution in [2.45, 2.75) is 25.3 Å². The van der Waals surface area contributed by atoms with E-state index in [2.05, 4.69) is 4.90 Å². The number of urea groups is 1. The molecule has 2 atom stereocenters. The number of imide groups is 2. The van der Waals surface area contributed by atoms with Gasteiger partial charge in [0.05, 0.1) is 7.11 Å². The number of piperidine rings is 1. The normalized spacial score (nSPS) is 22.8. The van der Waals surface area contributed by atoms with Crippen LogP contribution < -0.4 is 10.3 Å². The number of pyridine rings is 1. The van der Waals surface area contributed by atoms with Crippen molar-refractivity contribution in [1.29, 1.82) is 0 Å². The van der Waals surface area contributed by atoms with E-state index in [1.165, 1.54) is 14.1 Å². The first-order valence-corrected chi connectivity index (χ1v) is 13.3. The molecule has 3 aromatic rings. The lowest BCUT2D eigenvalue weighted by Gasteiger charge is -2.48. The number of hydrogen-bond acceptors (Lipinski definition) is 6. The highest BCUT2D eigenvalue weighted by molar-refractivity contribution is 6.19. The number of hydrogen-bond donors (Lipinski definition) is 0. The molecule has 3 aliphatic heterocycles. The Bertz CT molecular complexity index is 1540. The molecule has 1 aromatic heterocycles. The molecule has 6 rings (SSSR count). The van der Waals surface area contributed by atoms with Crippen LogP contribution in [0.3, 0.4) is 0 Å². The van der Waals surface area contributed by atoms with E-state index < -0.39 is 23.3 Å². The standard InChI is InChI=1S/C30H32N4O5/c1-31-27(36)30(28(37)32(2)29(31)38,14-23-22-8-5-4-7-20(22)11-12-25(23)39-3)18-33-15-19-13-21(17-33)24-9-6-10-26(35)34(24)16-19/h4-12,19,21H,13-18H2,1-3H3/t19-,21-/m1/s1. The van der Waals surface area contributed by atoms with Crippen molar-refractivity contribution in [2.75, 3.05) is 40.8 Å². The Morgan fingerprint density at radius 2 is 1.62 bits per heavy atom. The summed E-state index contributed by atoms with van der Waals surface area (Å²) >= 11 is 0. The number of nitrogens with zero attached hydrogens (tertiary/aromatic N) is 4. The minimum absolute atomic E-state index is 0.00886. The van der Waals surface area contributed by atoms with Gasteiger partial charge in [-0.05, 0) is 35.2 Å². The van der Waals surface area contributed by atoms with E-state index in [9.17, 15) is 19.2 Å². The maximum absolute atomic E-state index is 14.1. The Morgan fingerprint density at radius 3 is 2.36 bits per heavy atom. The number of benzene rings is 2. The maximum atomic E-state index is 14.1. The molecule has 9 heteroatoms. The summed E-state index contributed by atoms with van der Waals surface area (Å²) < 4.78 is 7.59. The van der Waals surface area contributed by atoms with Gasteiger partial charge in [-0.1, -0.05) is 36.4 Å². The average molecular weight is 529 g/mol. The van der Waals surface area contributed by atoms with Gasteiger partial charge in [0.15, 0.2) is 0 Å². The Labute approximate surface area is 226 Å². The van der Waals surface area contributed by atoms with Gasteiger partial charge in [0.2, 0.25) is 11.8 Å². The number of ether oxygens (including phenoxy) is 1. The minimum atomic E-state index is -1.52. The number of carbonyl (C=O) groups is 3. The van der Waals surface area contributed by atoms with Crippen LogP contribution in [0.1, 0.15) is 23.6 Å². The van der Waals surface area contributed by atoms with Crippen molar-refractivity contribution in [2.24, 2.45) is 11.3 Å². The van der Waals surface area contributed by atoms with Crippen molar-refractivity contribution < 1.29 is 19.1 Å². The molecule has 0 unspecified atom stereocenters. The average Bonchev–Trinajstić information content (AvgIpc) is 2.94. The molecule has 3 aliphatic rings. The first-order chi connectivity index (χ1) is 18.7. The molecule has 2 aromatic carbocycles. The van der Waals surface area contributed by atoms with E-state index >= 15 is 0 Å². The second-order valence-corrected chi connectivity index (χ2v) is 11.1. The zero-order valence-electron chi connectivity index (χ0n) is 22.4. The molecule has 4 amide bonds. The van der Waals surface area contributed by atoms with E-state index in [-0.39, 0.29) is 30.4 Å². The highest BCUT2D eigenvalue weighted by Gasteiger charge is 2.57. The van der Waals surface area contributed by atoms with Crippen molar-refractivity contribution in [3.8, 4) is 5.75 Å². The van der Waals surface area contributed by atoms with E-state index in [1.807, 2.05) is 47.0 Å². The number of barbiturate groups is 1. The predicted molar refractivity (Wildman–Crippen MR) is 146 cm³/mol. The second kappa shape index (κ2) is 9.34. The third-order valence-electron chi connectivity index (χ3n) is 8.75. The summed E-state index contributed by atoms with van der Waals surface area (Å²) in [6, 6.07) is 16.4. The van der Waals surface area contributed by atoms with Gasteiger partial charge in [-0.25, -0.2) is 4.79 Å². The minimum Gasteiger partial charge on any atom is -0.496 e. The molecule has 0 aliphatic carbocycles. The van der Waals surface area contributed by atoms with Gasteiger partial charge in [-0.3, -0.25) is 24.2 Å². The largest absolute Gasteiger partial charge is 0.496 e. The smallest absolute Gasteiger partial charge is 0.332 e. The highest BCUT2D eigenvalue weighted by Crippen LogP contribution is 2.41. The quantitative estimate of drug-likeness (QED) is 0.473. The molecule has 4 heterocycles. The van der Waals surface area contributed by atoms with Crippen LogP contribution in [0.4, 0.5) is 4.79 Å². The van der Waals surface area contributed by atoms with E-state index in [1.54, 1.807) is 19.2 Å². The van der Waals surface area contributed by atoms with Gasteiger partial charge in [-0.15, -0.1) is 0 Å². The van der Waals surface area contributed by atoms with Crippen molar-refractivity contribution in [3.05, 3.63) is 76.2 Å². The summed E-state index contributed by atoms with van der Waals surface area (Å²) in [5.74, 6) is -0.0524. The van der Waals surface area contributed by atoms with E-state index in [4.69, 9.17) is 4.74 Å². The van der Waals surface area contributed by atoms with Gasteiger partial charge in [-0.2, -0.15) is 0 Å². The number of aromatic nitrogens is 1. The molecular weight excluding hydrogens is 496 g/mol. The van der Waals surface area contributed by atoms with Gasteiger partial charge in [0.25, 0.3) is 5.56 Å². The number of amides is 4. The Balaban J connectivity index is 1.44. The number of carbonyl (C=O) groups excluding carboxylic acids is 3. The SMILES string of the molecule is COc1ccc2ccccc2c1CC1(CN2C[C@H]3C[C@H](C2)c2cccc(=O)n2C3)C(=O)N(C)C(=O)N(C)C1=O. The van der Waals surface area contributed by atoms with Gasteiger partial charge < -0.3 is 14.2 Å². The lowest BCUT2D eigenvalue weighted by atomic mass is 9.74. The van der Waals surface area contributed by atoms with Gasteiger partial charge in [0.1, 0.15) is 11.2 Å². The molecule has 9 nitrogen and oxygen atoms in total. The molecule has 2 fully saturated rings. The molecule has 0 saturated carbocycles. The molecule has 202 valence electrons. The van der Waals surface area contributed by atoms with Crippen LogP contribution in [0, 0.1) is 11.3 Å². The summed E-state index contributed by atoms with van der Waals surface area (Å²) in [5, 5.41) is 1.88. The molecule has 2 bridgehead atoms. The summed E-state index contributed by atoms with van der Waals surface area (Å²) in [5.41, 5.74) is 0.257. The summed E-state index contributed by atoms with van der Waals surface area (Å²) in [6.07, 6.45) is 1.06. The maximum Gasteiger partial charge on any atom is 0.332 e. The molecule has 39 heavy (non-hydrogen) atoms. The van der Waals surface area contributed by atoms with Crippen LogP contribution in [-0.2, 0) is 22.6 Å². The highest BCUT2D eigenvalue weighted by atomic mass is 16.5. The van der Waals surface area contributed by atoms with Crippen LogP contribution in [0.15, 0.2) is 59.4 Å².